The molecule has 5 heteroatoms. The standard InChI is InChI=1S/C5H8O4P/c1-2-7-3-5-4-8-10(6)9-5/h2,5H,1,3-4H2/q+1. The summed E-state index contributed by atoms with van der Waals surface area (Å²) in [6, 6.07) is 0. The third-order valence-corrected chi connectivity index (χ3v) is 1.83. The molecule has 56 valence electrons. The maximum atomic E-state index is 10.4. The van der Waals surface area contributed by atoms with Crippen LogP contribution >= 0.6 is 8.25 Å². The zero-order valence-corrected chi connectivity index (χ0v) is 6.25. The molecular formula is C5H8O4P+. The van der Waals surface area contributed by atoms with Crippen LogP contribution < -0.4 is 0 Å². The van der Waals surface area contributed by atoms with E-state index >= 15 is 0 Å². The Bertz CT molecular complexity index is 147. The third kappa shape index (κ3) is 2.06. The summed E-state index contributed by atoms with van der Waals surface area (Å²) in [5.74, 6) is 0. The van der Waals surface area contributed by atoms with Crippen LogP contribution in [0.5, 0.6) is 0 Å². The highest BCUT2D eigenvalue weighted by molar-refractivity contribution is 7.33. The van der Waals surface area contributed by atoms with E-state index < -0.39 is 8.25 Å². The first-order valence-corrected chi connectivity index (χ1v) is 3.92. The second kappa shape index (κ2) is 3.66. The van der Waals surface area contributed by atoms with E-state index in [4.69, 9.17) is 9.26 Å². The van der Waals surface area contributed by atoms with Gasteiger partial charge in [0.25, 0.3) is 0 Å². The topological polar surface area (TPSA) is 44.8 Å². The van der Waals surface area contributed by atoms with Crippen molar-refractivity contribution in [3.05, 3.63) is 12.8 Å². The zero-order chi connectivity index (χ0) is 7.40. The van der Waals surface area contributed by atoms with Gasteiger partial charge < -0.3 is 4.74 Å². The second-order valence-corrected chi connectivity index (χ2v) is 2.66. The van der Waals surface area contributed by atoms with Crippen LogP contribution in [0, 0.1) is 0 Å². The molecule has 2 atom stereocenters. The molecule has 0 radical (unpaired) electrons. The summed E-state index contributed by atoms with van der Waals surface area (Å²) in [6.45, 7) is 4.04. The van der Waals surface area contributed by atoms with Crippen LogP contribution in [-0.2, 0) is 18.3 Å². The fourth-order valence-corrected chi connectivity index (χ4v) is 1.29. The van der Waals surface area contributed by atoms with E-state index in [-0.39, 0.29) is 6.10 Å². The highest BCUT2D eigenvalue weighted by Gasteiger charge is 2.37. The number of hydrogen-bond acceptors (Lipinski definition) is 4. The van der Waals surface area contributed by atoms with Gasteiger partial charge in [-0.15, -0.1) is 9.05 Å². The van der Waals surface area contributed by atoms with Gasteiger partial charge in [-0.3, -0.25) is 0 Å². The highest BCUT2D eigenvalue weighted by Crippen LogP contribution is 2.33. The monoisotopic (exact) mass is 163 g/mol. The van der Waals surface area contributed by atoms with Crippen molar-refractivity contribution in [2.45, 2.75) is 6.10 Å². The molecule has 0 bridgehead atoms. The molecule has 0 aromatic rings. The Hall–Kier alpha value is -0.440. The Morgan fingerprint density at radius 1 is 1.90 bits per heavy atom. The predicted molar refractivity (Wildman–Crippen MR) is 34.6 cm³/mol. The van der Waals surface area contributed by atoms with Crippen LogP contribution in [0.3, 0.4) is 0 Å². The van der Waals surface area contributed by atoms with Crippen molar-refractivity contribution in [3.8, 4) is 0 Å². The van der Waals surface area contributed by atoms with Crippen LogP contribution in [0.25, 0.3) is 0 Å². The molecule has 0 aromatic heterocycles. The van der Waals surface area contributed by atoms with Gasteiger partial charge in [-0.25, -0.2) is 0 Å². The van der Waals surface area contributed by atoms with E-state index in [1.54, 1.807) is 0 Å². The normalized spacial score (nSPS) is 28.4. The molecule has 0 amide bonds. The third-order valence-electron chi connectivity index (χ3n) is 1.00. The Kier molecular flexibility index (Phi) is 2.81. The van der Waals surface area contributed by atoms with Crippen molar-refractivity contribution in [1.82, 2.24) is 0 Å². The Morgan fingerprint density at radius 2 is 2.70 bits per heavy atom. The molecule has 1 heterocycles. The average Bonchev–Trinajstić information content (AvgIpc) is 2.31. The van der Waals surface area contributed by atoms with Gasteiger partial charge in [0, 0.05) is 4.57 Å². The van der Waals surface area contributed by atoms with Gasteiger partial charge in [0.05, 0.1) is 6.26 Å². The first kappa shape index (κ1) is 7.66. The Labute approximate surface area is 59.7 Å². The molecule has 0 aromatic carbocycles. The largest absolute Gasteiger partial charge is 0.697 e. The second-order valence-electron chi connectivity index (χ2n) is 1.75. The molecular weight excluding hydrogens is 155 g/mol. The lowest BCUT2D eigenvalue weighted by molar-refractivity contribution is 0.121. The summed E-state index contributed by atoms with van der Waals surface area (Å²) in [4.78, 5) is 0. The number of hydrogen-bond donors (Lipinski definition) is 0. The SMILES string of the molecule is C=COCC1CO[P+](=O)O1. The molecule has 2 unspecified atom stereocenters. The van der Waals surface area contributed by atoms with Crippen molar-refractivity contribution < 1.29 is 18.3 Å². The molecule has 10 heavy (non-hydrogen) atoms. The Balaban J connectivity index is 2.18. The van der Waals surface area contributed by atoms with Gasteiger partial charge in [-0.05, 0) is 0 Å². The number of ether oxygens (including phenoxy) is 1. The molecule has 0 N–H and O–H groups in total. The van der Waals surface area contributed by atoms with Gasteiger partial charge in [0.2, 0.25) is 0 Å². The average molecular weight is 163 g/mol. The summed E-state index contributed by atoms with van der Waals surface area (Å²) in [5, 5.41) is 0. The van der Waals surface area contributed by atoms with Crippen molar-refractivity contribution in [2.75, 3.05) is 13.2 Å². The number of rotatable bonds is 3. The molecule has 1 rings (SSSR count). The molecule has 1 aliphatic rings. The van der Waals surface area contributed by atoms with Gasteiger partial charge in [0.1, 0.15) is 13.2 Å². The van der Waals surface area contributed by atoms with E-state index in [1.165, 1.54) is 6.26 Å². The predicted octanol–water partition coefficient (Wildman–Crippen LogP) is 1.22. The molecule has 0 aliphatic carbocycles. The maximum absolute atomic E-state index is 10.4. The lowest BCUT2D eigenvalue weighted by Gasteiger charge is -1.98. The minimum atomic E-state index is -1.89. The van der Waals surface area contributed by atoms with Gasteiger partial charge in [-0.1, -0.05) is 6.58 Å². The highest BCUT2D eigenvalue weighted by atomic mass is 31.1. The fraction of sp³-hybridized carbons (Fsp3) is 0.600. The minimum Gasteiger partial charge on any atom is -0.499 e. The zero-order valence-electron chi connectivity index (χ0n) is 5.36. The first-order chi connectivity index (χ1) is 4.83. The van der Waals surface area contributed by atoms with Crippen molar-refractivity contribution in [1.29, 1.82) is 0 Å². The van der Waals surface area contributed by atoms with E-state index in [2.05, 4.69) is 11.1 Å². The van der Waals surface area contributed by atoms with Gasteiger partial charge in [-0.2, -0.15) is 0 Å². The van der Waals surface area contributed by atoms with Crippen LogP contribution in [0.2, 0.25) is 0 Å². The molecule has 0 saturated carbocycles. The fourth-order valence-electron chi connectivity index (χ4n) is 0.580. The summed E-state index contributed by atoms with van der Waals surface area (Å²) in [5.41, 5.74) is 0. The first-order valence-electron chi connectivity index (χ1n) is 2.82. The molecule has 1 saturated heterocycles. The van der Waals surface area contributed by atoms with Gasteiger partial charge in [0.15, 0.2) is 6.10 Å². The van der Waals surface area contributed by atoms with E-state index in [1.807, 2.05) is 0 Å². The maximum Gasteiger partial charge on any atom is 0.697 e. The van der Waals surface area contributed by atoms with Crippen LogP contribution in [0.1, 0.15) is 0 Å². The van der Waals surface area contributed by atoms with Crippen molar-refractivity contribution >= 4 is 8.25 Å². The lowest BCUT2D eigenvalue weighted by atomic mass is 10.4. The van der Waals surface area contributed by atoms with E-state index in [9.17, 15) is 4.57 Å². The van der Waals surface area contributed by atoms with Crippen molar-refractivity contribution in [3.63, 3.8) is 0 Å². The Morgan fingerprint density at radius 3 is 3.20 bits per heavy atom. The lowest BCUT2D eigenvalue weighted by Crippen LogP contribution is -2.14. The summed E-state index contributed by atoms with van der Waals surface area (Å²) >= 11 is 0. The minimum absolute atomic E-state index is 0.207. The molecule has 0 spiro atoms. The van der Waals surface area contributed by atoms with Crippen LogP contribution in [0.15, 0.2) is 12.8 Å². The van der Waals surface area contributed by atoms with Gasteiger partial charge >= 0.3 is 8.25 Å². The summed E-state index contributed by atoms with van der Waals surface area (Å²) < 4.78 is 24.6. The van der Waals surface area contributed by atoms with E-state index in [0.29, 0.717) is 13.2 Å². The van der Waals surface area contributed by atoms with Crippen LogP contribution in [0.4, 0.5) is 0 Å². The summed E-state index contributed by atoms with van der Waals surface area (Å²) in [6.07, 6.45) is 1.11. The smallest absolute Gasteiger partial charge is 0.499 e. The summed E-state index contributed by atoms with van der Waals surface area (Å²) in [7, 11) is -1.89. The molecule has 1 aliphatic heterocycles. The van der Waals surface area contributed by atoms with Crippen LogP contribution in [-0.4, -0.2) is 19.3 Å². The molecule has 1 fully saturated rings. The quantitative estimate of drug-likeness (QED) is 0.463. The molecule has 4 nitrogen and oxygen atoms in total. The van der Waals surface area contributed by atoms with E-state index in [0.717, 1.165) is 0 Å². The van der Waals surface area contributed by atoms with Crippen molar-refractivity contribution in [2.24, 2.45) is 0 Å².